The van der Waals surface area contributed by atoms with Gasteiger partial charge < -0.3 is 0 Å². The molecule has 0 radical (unpaired) electrons. The normalized spacial score (nSPS) is 30.2. The van der Waals surface area contributed by atoms with Crippen LogP contribution in [0.15, 0.2) is 9.41 Å². The minimum atomic E-state index is 0.686. The van der Waals surface area contributed by atoms with E-state index in [1.165, 1.54) is 60.8 Å². The summed E-state index contributed by atoms with van der Waals surface area (Å²) in [4.78, 5) is 1.17. The highest BCUT2D eigenvalue weighted by atomic mass is 79.9. The molecule has 17 heavy (non-hydrogen) atoms. The zero-order valence-electron chi connectivity index (χ0n) is 10.9. The largest absolute Gasteiger partial charge is 0.198 e. The molecule has 0 amide bonds. The Hall–Kier alpha value is 0.575. The summed E-state index contributed by atoms with van der Waals surface area (Å²) in [5.41, 5.74) is 0. The zero-order chi connectivity index (χ0) is 12.3. The van der Waals surface area contributed by atoms with E-state index >= 15 is 0 Å². The van der Waals surface area contributed by atoms with Crippen LogP contribution in [0.5, 0.6) is 0 Å². The van der Waals surface area contributed by atoms with Gasteiger partial charge in [0.1, 0.15) is 0 Å². The lowest BCUT2D eigenvalue weighted by molar-refractivity contribution is 0.447. The number of halogens is 2. The first-order valence-corrected chi connectivity index (χ1v) is 8.45. The van der Waals surface area contributed by atoms with Crippen molar-refractivity contribution < 1.29 is 0 Å². The minimum Gasteiger partial charge on any atom is -0.0991 e. The van der Waals surface area contributed by atoms with E-state index in [0.717, 1.165) is 18.1 Å². The van der Waals surface area contributed by atoms with Crippen LogP contribution in [-0.2, 0) is 0 Å². The molecule has 2 aliphatic heterocycles. The summed E-state index contributed by atoms with van der Waals surface area (Å²) >= 11 is 10.4. The third kappa shape index (κ3) is 3.32. The average molecular weight is 318 g/mol. The van der Waals surface area contributed by atoms with Gasteiger partial charge in [-0.1, -0.05) is 91.0 Å². The molecule has 0 aromatic heterocycles. The van der Waals surface area contributed by atoms with Crippen LogP contribution in [0.3, 0.4) is 0 Å². The molecule has 96 valence electrons. The van der Waals surface area contributed by atoms with Crippen molar-refractivity contribution in [3.8, 4) is 0 Å². The van der Waals surface area contributed by atoms with Crippen LogP contribution in [0.1, 0.15) is 64.7 Å². The maximum absolute atomic E-state index is 6.68. The molecule has 0 aromatic carbocycles. The van der Waals surface area contributed by atoms with Gasteiger partial charge in [0.15, 0.2) is 6.71 Å². The van der Waals surface area contributed by atoms with Gasteiger partial charge in [0.05, 0.1) is 0 Å². The van der Waals surface area contributed by atoms with Crippen molar-refractivity contribution in [2.45, 2.75) is 76.3 Å². The molecule has 0 spiro atoms. The van der Waals surface area contributed by atoms with Crippen LogP contribution < -0.4 is 0 Å². The molecule has 0 unspecified atom stereocenters. The highest BCUT2D eigenvalue weighted by Crippen LogP contribution is 2.50. The van der Waals surface area contributed by atoms with Crippen LogP contribution >= 0.6 is 27.5 Å². The Morgan fingerprint density at radius 3 is 2.18 bits per heavy atom. The lowest BCUT2D eigenvalue weighted by Gasteiger charge is -2.40. The first-order valence-electron chi connectivity index (χ1n) is 7.28. The van der Waals surface area contributed by atoms with Crippen LogP contribution in [-0.4, -0.2) is 6.71 Å². The molecule has 0 N–H and O–H groups in total. The van der Waals surface area contributed by atoms with Gasteiger partial charge in [0.2, 0.25) is 0 Å². The Morgan fingerprint density at radius 2 is 1.71 bits per heavy atom. The molecule has 2 saturated heterocycles. The molecule has 2 rings (SSSR count). The maximum atomic E-state index is 6.68. The molecule has 2 bridgehead atoms. The SMILES string of the molecule is CCCC/C(Br)=C(/Cl)B1C2CCCC1CCC2. The third-order valence-electron chi connectivity index (χ3n) is 4.62. The Balaban J connectivity index is 2.08. The number of hydrogen-bond acceptors (Lipinski definition) is 0. The Morgan fingerprint density at radius 1 is 1.18 bits per heavy atom. The van der Waals surface area contributed by atoms with E-state index in [4.69, 9.17) is 11.6 Å². The monoisotopic (exact) mass is 316 g/mol. The molecule has 0 atom stereocenters. The van der Waals surface area contributed by atoms with Gasteiger partial charge in [0, 0.05) is 4.48 Å². The molecule has 2 fully saturated rings. The van der Waals surface area contributed by atoms with E-state index < -0.39 is 0 Å². The highest BCUT2D eigenvalue weighted by Gasteiger charge is 2.41. The summed E-state index contributed by atoms with van der Waals surface area (Å²) in [5.74, 6) is 1.76. The van der Waals surface area contributed by atoms with Gasteiger partial charge in [-0.2, -0.15) is 0 Å². The molecule has 0 aliphatic carbocycles. The summed E-state index contributed by atoms with van der Waals surface area (Å²) in [6, 6.07) is 0. The molecular formula is C14H23BBrCl. The van der Waals surface area contributed by atoms with Crippen LogP contribution in [0.4, 0.5) is 0 Å². The van der Waals surface area contributed by atoms with Crippen molar-refractivity contribution >= 4 is 34.2 Å². The van der Waals surface area contributed by atoms with Gasteiger partial charge in [-0.3, -0.25) is 0 Å². The van der Waals surface area contributed by atoms with E-state index in [1.807, 2.05) is 0 Å². The summed E-state index contributed by atoms with van der Waals surface area (Å²) in [7, 11) is 0. The molecule has 0 aromatic rings. The summed E-state index contributed by atoms with van der Waals surface area (Å²) < 4.78 is 1.30. The zero-order valence-corrected chi connectivity index (χ0v) is 13.2. The fraction of sp³-hybridized carbons (Fsp3) is 0.857. The quantitative estimate of drug-likeness (QED) is 0.544. The summed E-state index contributed by atoms with van der Waals surface area (Å²) in [6.45, 7) is 2.93. The molecule has 0 nitrogen and oxygen atoms in total. The van der Waals surface area contributed by atoms with E-state index in [2.05, 4.69) is 22.9 Å². The lowest BCUT2D eigenvalue weighted by atomic mass is 9.27. The second-order valence-corrected chi connectivity index (χ2v) is 7.13. The molecule has 2 heterocycles. The highest BCUT2D eigenvalue weighted by molar-refractivity contribution is 9.11. The minimum absolute atomic E-state index is 0.686. The van der Waals surface area contributed by atoms with E-state index in [0.29, 0.717) is 6.71 Å². The Kier molecular flexibility index (Phi) is 5.48. The summed E-state index contributed by atoms with van der Waals surface area (Å²) in [6.07, 6.45) is 12.1. The van der Waals surface area contributed by atoms with E-state index in [1.54, 1.807) is 0 Å². The van der Waals surface area contributed by atoms with Crippen molar-refractivity contribution in [2.24, 2.45) is 0 Å². The van der Waals surface area contributed by atoms with Gasteiger partial charge >= 0.3 is 0 Å². The van der Waals surface area contributed by atoms with Crippen LogP contribution in [0.25, 0.3) is 0 Å². The predicted octanol–water partition coefficient (Wildman–Crippen LogP) is 6.16. The van der Waals surface area contributed by atoms with Crippen molar-refractivity contribution in [3.05, 3.63) is 9.41 Å². The lowest BCUT2D eigenvalue weighted by Crippen LogP contribution is -2.35. The standard InChI is InChI=1S/C14H23BBrCl/c1-2-3-10-13(16)14(17)15-11-6-4-7-12(15)9-5-8-11/h11-12H,2-10H2,1H3/b14-13-. The Bertz CT molecular complexity index is 268. The average Bonchev–Trinajstić information content (AvgIpc) is 2.34. The second-order valence-electron chi connectivity index (χ2n) is 5.76. The smallest absolute Gasteiger partial charge is 0.0991 e. The fourth-order valence-electron chi connectivity index (χ4n) is 3.72. The van der Waals surface area contributed by atoms with Crippen molar-refractivity contribution in [1.82, 2.24) is 0 Å². The van der Waals surface area contributed by atoms with Crippen molar-refractivity contribution in [2.75, 3.05) is 0 Å². The van der Waals surface area contributed by atoms with Crippen molar-refractivity contribution in [3.63, 3.8) is 0 Å². The van der Waals surface area contributed by atoms with Gasteiger partial charge in [0.25, 0.3) is 0 Å². The number of unbranched alkanes of at least 4 members (excludes halogenated alkanes) is 1. The number of allylic oxidation sites excluding steroid dienone is 1. The molecule has 3 heteroatoms. The maximum Gasteiger partial charge on any atom is 0.198 e. The van der Waals surface area contributed by atoms with Crippen LogP contribution in [0.2, 0.25) is 11.6 Å². The Labute approximate surface area is 120 Å². The summed E-state index contributed by atoms with van der Waals surface area (Å²) in [5, 5.41) is 0. The van der Waals surface area contributed by atoms with Crippen LogP contribution in [0, 0.1) is 0 Å². The van der Waals surface area contributed by atoms with Crippen molar-refractivity contribution in [1.29, 1.82) is 0 Å². The molecule has 0 saturated carbocycles. The van der Waals surface area contributed by atoms with Gasteiger partial charge in [-0.05, 0) is 17.8 Å². The fourth-order valence-corrected chi connectivity index (χ4v) is 4.72. The third-order valence-corrected chi connectivity index (χ3v) is 6.15. The molecular weight excluding hydrogens is 294 g/mol. The number of fused-ring (bicyclic) bond motifs is 2. The van der Waals surface area contributed by atoms with E-state index in [-0.39, 0.29) is 0 Å². The predicted molar refractivity (Wildman–Crippen MR) is 82.3 cm³/mol. The first-order chi connectivity index (χ1) is 8.24. The molecule has 2 aliphatic rings. The van der Waals surface area contributed by atoms with E-state index in [9.17, 15) is 0 Å². The van der Waals surface area contributed by atoms with Gasteiger partial charge in [-0.15, -0.1) is 0 Å². The topological polar surface area (TPSA) is 0 Å². The number of rotatable bonds is 4. The van der Waals surface area contributed by atoms with Gasteiger partial charge in [-0.25, -0.2) is 0 Å². The number of hydrogen-bond donors (Lipinski definition) is 0. The first kappa shape index (κ1) is 14.0. The second kappa shape index (κ2) is 6.66.